The molecule has 4 N–H and O–H groups in total. The second kappa shape index (κ2) is 9.94. The molecule has 0 bridgehead atoms. The van der Waals surface area contributed by atoms with E-state index in [0.29, 0.717) is 0 Å². The third kappa shape index (κ3) is 22.4. The standard InChI is InChI=1S/C5H11NO2.C3H7NO2/c1-4(2)6-3-5(7)8;1-4-2-3(5)6/h4,6H,3H2,1-2H3,(H,7,8);4H,2H2,1H3,(H,5,6). The Kier molecular flexibility index (Phi) is 10.9. The van der Waals surface area contributed by atoms with Crippen LogP contribution in [-0.4, -0.2) is 48.3 Å². The Morgan fingerprint density at radius 2 is 1.57 bits per heavy atom. The number of likely N-dealkylation sites (N-methyl/N-ethyl adjacent to an activating group) is 1. The molecule has 0 aromatic carbocycles. The monoisotopic (exact) mass is 206 g/mol. The van der Waals surface area contributed by atoms with Gasteiger partial charge in [-0.1, -0.05) is 13.8 Å². The van der Waals surface area contributed by atoms with Crippen LogP contribution in [0.3, 0.4) is 0 Å². The lowest BCUT2D eigenvalue weighted by Gasteiger charge is -2.02. The average Bonchev–Trinajstić information content (AvgIpc) is 2.01. The molecule has 0 aliphatic heterocycles. The third-order valence-electron chi connectivity index (χ3n) is 0.990. The zero-order valence-corrected chi connectivity index (χ0v) is 8.70. The molecule has 0 radical (unpaired) electrons. The van der Waals surface area contributed by atoms with Crippen molar-refractivity contribution in [3.63, 3.8) is 0 Å². The Hall–Kier alpha value is -1.14. The predicted octanol–water partition coefficient (Wildman–Crippen LogP) is -0.641. The van der Waals surface area contributed by atoms with Crippen LogP contribution in [0.2, 0.25) is 0 Å². The summed E-state index contributed by atoms with van der Waals surface area (Å²) in [5.41, 5.74) is 0. The lowest BCUT2D eigenvalue weighted by molar-refractivity contribution is -0.137. The van der Waals surface area contributed by atoms with Crippen molar-refractivity contribution in [3.05, 3.63) is 0 Å². The maximum absolute atomic E-state index is 9.84. The van der Waals surface area contributed by atoms with Crippen LogP contribution >= 0.6 is 0 Å². The molecule has 6 heteroatoms. The van der Waals surface area contributed by atoms with Crippen LogP contribution in [0.4, 0.5) is 0 Å². The van der Waals surface area contributed by atoms with Gasteiger partial charge in [0, 0.05) is 6.04 Å². The van der Waals surface area contributed by atoms with Crippen LogP contribution in [0.25, 0.3) is 0 Å². The summed E-state index contributed by atoms with van der Waals surface area (Å²) in [6, 6.07) is 0.256. The predicted molar refractivity (Wildman–Crippen MR) is 52.3 cm³/mol. The quantitative estimate of drug-likeness (QED) is 0.477. The van der Waals surface area contributed by atoms with Gasteiger partial charge in [0.05, 0.1) is 13.1 Å². The highest BCUT2D eigenvalue weighted by Crippen LogP contribution is 1.72. The van der Waals surface area contributed by atoms with E-state index in [1.165, 1.54) is 0 Å². The van der Waals surface area contributed by atoms with Crippen LogP contribution in [0.1, 0.15) is 13.8 Å². The Morgan fingerprint density at radius 1 is 1.14 bits per heavy atom. The molecule has 0 aliphatic rings. The summed E-state index contributed by atoms with van der Waals surface area (Å²) in [7, 11) is 1.59. The van der Waals surface area contributed by atoms with E-state index in [2.05, 4.69) is 10.6 Å². The van der Waals surface area contributed by atoms with Crippen molar-refractivity contribution in [2.75, 3.05) is 20.1 Å². The molecule has 0 atom stereocenters. The molecule has 0 heterocycles. The highest BCUT2D eigenvalue weighted by atomic mass is 16.4. The lowest BCUT2D eigenvalue weighted by atomic mass is 10.4. The number of carbonyl (C=O) groups is 2. The molecule has 0 saturated heterocycles. The summed E-state index contributed by atoms with van der Waals surface area (Å²) >= 11 is 0. The third-order valence-corrected chi connectivity index (χ3v) is 0.990. The Labute approximate surface area is 83.3 Å². The summed E-state index contributed by atoms with van der Waals surface area (Å²) in [6.45, 7) is 3.91. The molecular formula is C8H18N2O4. The van der Waals surface area contributed by atoms with Crippen molar-refractivity contribution in [2.45, 2.75) is 19.9 Å². The van der Waals surface area contributed by atoms with Gasteiger partial charge in [-0.25, -0.2) is 0 Å². The summed E-state index contributed by atoms with van der Waals surface area (Å²) in [5, 5.41) is 21.2. The molecule has 0 aromatic heterocycles. The zero-order valence-electron chi connectivity index (χ0n) is 8.70. The minimum Gasteiger partial charge on any atom is -0.480 e. The first kappa shape index (κ1) is 15.3. The number of hydrogen-bond acceptors (Lipinski definition) is 4. The maximum atomic E-state index is 9.84. The minimum atomic E-state index is -0.822. The van der Waals surface area contributed by atoms with Crippen LogP contribution in [0.5, 0.6) is 0 Å². The van der Waals surface area contributed by atoms with Gasteiger partial charge in [-0.15, -0.1) is 0 Å². The van der Waals surface area contributed by atoms with E-state index in [9.17, 15) is 9.59 Å². The van der Waals surface area contributed by atoms with Gasteiger partial charge in [0.25, 0.3) is 0 Å². The second-order valence-corrected chi connectivity index (χ2v) is 2.85. The molecule has 0 aliphatic carbocycles. The number of carboxylic acid groups (broad SMARTS) is 2. The van der Waals surface area contributed by atoms with Gasteiger partial charge < -0.3 is 20.8 Å². The highest BCUT2D eigenvalue weighted by Gasteiger charge is 1.95. The van der Waals surface area contributed by atoms with Crippen LogP contribution in [0.15, 0.2) is 0 Å². The summed E-state index contributed by atoms with van der Waals surface area (Å²) in [4.78, 5) is 19.4. The molecule has 84 valence electrons. The van der Waals surface area contributed by atoms with Crippen molar-refractivity contribution < 1.29 is 19.8 Å². The van der Waals surface area contributed by atoms with E-state index < -0.39 is 11.9 Å². The van der Waals surface area contributed by atoms with E-state index in [1.54, 1.807) is 7.05 Å². The van der Waals surface area contributed by atoms with Crippen molar-refractivity contribution in [3.8, 4) is 0 Å². The van der Waals surface area contributed by atoms with Gasteiger partial charge in [-0.2, -0.15) is 0 Å². The molecule has 6 nitrogen and oxygen atoms in total. The lowest BCUT2D eigenvalue weighted by Crippen LogP contribution is -2.28. The van der Waals surface area contributed by atoms with Gasteiger partial charge in [-0.05, 0) is 7.05 Å². The molecule has 0 fully saturated rings. The molecular weight excluding hydrogens is 188 g/mol. The fourth-order valence-electron chi connectivity index (χ4n) is 0.443. The number of aliphatic carboxylic acids is 2. The zero-order chi connectivity index (χ0) is 11.6. The average molecular weight is 206 g/mol. The van der Waals surface area contributed by atoms with Gasteiger partial charge in [0.15, 0.2) is 0 Å². The van der Waals surface area contributed by atoms with Crippen LogP contribution < -0.4 is 10.6 Å². The Balaban J connectivity index is 0. The van der Waals surface area contributed by atoms with E-state index in [0.717, 1.165) is 0 Å². The number of carboxylic acids is 2. The van der Waals surface area contributed by atoms with Crippen molar-refractivity contribution in [1.82, 2.24) is 10.6 Å². The molecule has 14 heavy (non-hydrogen) atoms. The Bertz CT molecular complexity index is 171. The highest BCUT2D eigenvalue weighted by molar-refractivity contribution is 5.69. The van der Waals surface area contributed by atoms with Gasteiger partial charge in [0.1, 0.15) is 0 Å². The number of nitrogens with one attached hydrogen (secondary N) is 2. The van der Waals surface area contributed by atoms with Crippen molar-refractivity contribution in [2.24, 2.45) is 0 Å². The first-order valence-electron chi connectivity index (χ1n) is 4.21. The first-order valence-corrected chi connectivity index (χ1v) is 4.21. The fourth-order valence-corrected chi connectivity index (χ4v) is 0.443. The second-order valence-electron chi connectivity index (χ2n) is 2.85. The Morgan fingerprint density at radius 3 is 1.64 bits per heavy atom. The molecule has 0 aromatic rings. The largest absolute Gasteiger partial charge is 0.480 e. The SMILES string of the molecule is CC(C)NCC(=O)O.CNCC(=O)O. The van der Waals surface area contributed by atoms with Crippen LogP contribution in [0, 0.1) is 0 Å². The molecule has 0 rings (SSSR count). The van der Waals surface area contributed by atoms with Gasteiger partial charge in [0.2, 0.25) is 0 Å². The number of hydrogen-bond donors (Lipinski definition) is 4. The summed E-state index contributed by atoms with van der Waals surface area (Å²) < 4.78 is 0. The normalized spacial score (nSPS) is 9.14. The summed E-state index contributed by atoms with van der Waals surface area (Å²) in [6.07, 6.45) is 0. The topological polar surface area (TPSA) is 98.7 Å². The fraction of sp³-hybridized carbons (Fsp3) is 0.750. The molecule has 0 unspecified atom stereocenters. The number of rotatable bonds is 5. The van der Waals surface area contributed by atoms with E-state index in [1.807, 2.05) is 13.8 Å². The minimum absolute atomic E-state index is 0.0417. The van der Waals surface area contributed by atoms with Crippen molar-refractivity contribution >= 4 is 11.9 Å². The van der Waals surface area contributed by atoms with Gasteiger partial charge in [-0.3, -0.25) is 9.59 Å². The van der Waals surface area contributed by atoms with Crippen LogP contribution in [-0.2, 0) is 9.59 Å². The molecule has 0 saturated carbocycles. The summed E-state index contributed by atoms with van der Waals surface area (Å²) in [5.74, 6) is -1.63. The van der Waals surface area contributed by atoms with E-state index in [-0.39, 0.29) is 19.1 Å². The molecule has 0 spiro atoms. The first-order chi connectivity index (χ1) is 6.40. The maximum Gasteiger partial charge on any atom is 0.317 e. The molecule has 0 amide bonds. The smallest absolute Gasteiger partial charge is 0.317 e. The van der Waals surface area contributed by atoms with Crippen molar-refractivity contribution in [1.29, 1.82) is 0 Å². The van der Waals surface area contributed by atoms with Gasteiger partial charge >= 0.3 is 11.9 Å². The van der Waals surface area contributed by atoms with E-state index >= 15 is 0 Å². The van der Waals surface area contributed by atoms with E-state index in [4.69, 9.17) is 10.2 Å².